The van der Waals surface area contributed by atoms with E-state index >= 15 is 0 Å². The van der Waals surface area contributed by atoms with Crippen LogP contribution in [0.2, 0.25) is 5.22 Å². The molecule has 0 amide bonds. The molecule has 0 bridgehead atoms. The van der Waals surface area contributed by atoms with Crippen molar-refractivity contribution in [3.05, 3.63) is 81.4 Å². The second kappa shape index (κ2) is 4.90. The van der Waals surface area contributed by atoms with Crippen molar-refractivity contribution in [3.63, 3.8) is 0 Å². The zero-order valence-electron chi connectivity index (χ0n) is 10.1. The van der Waals surface area contributed by atoms with E-state index in [1.807, 2.05) is 12.1 Å². The maximum Gasteiger partial charge on any atom is 0.337 e. The van der Waals surface area contributed by atoms with Crippen LogP contribution in [-0.4, -0.2) is 0 Å². The Morgan fingerprint density at radius 3 is 2.53 bits per heavy atom. The number of rotatable bonds is 2. The Bertz CT molecular complexity index is 790. The minimum atomic E-state index is -0.424. The largest absolute Gasteiger partial charge is 0.411 e. The van der Waals surface area contributed by atoms with Gasteiger partial charge >= 0.3 is 5.63 Å². The minimum absolute atomic E-state index is 0.167. The van der Waals surface area contributed by atoms with Gasteiger partial charge in [-0.05, 0) is 34.0 Å². The van der Waals surface area contributed by atoms with E-state index in [2.05, 4.69) is 30.3 Å². The predicted molar refractivity (Wildman–Crippen MR) is 76.7 cm³/mol. The van der Waals surface area contributed by atoms with Crippen molar-refractivity contribution in [2.45, 2.75) is 6.42 Å². The molecule has 2 nitrogen and oxygen atoms in total. The van der Waals surface area contributed by atoms with Crippen LogP contribution in [0.3, 0.4) is 0 Å². The molecular weight excluding hydrogens is 260 g/mol. The molecule has 2 aromatic carbocycles. The maximum absolute atomic E-state index is 11.0. The molecule has 0 aliphatic rings. The van der Waals surface area contributed by atoms with Gasteiger partial charge in [-0.15, -0.1) is 0 Å². The first kappa shape index (κ1) is 12.0. The van der Waals surface area contributed by atoms with Crippen molar-refractivity contribution >= 4 is 22.4 Å². The van der Waals surface area contributed by atoms with Crippen molar-refractivity contribution in [1.29, 1.82) is 0 Å². The van der Waals surface area contributed by atoms with Gasteiger partial charge in [-0.3, -0.25) is 0 Å². The van der Waals surface area contributed by atoms with Gasteiger partial charge in [0, 0.05) is 18.1 Å². The number of halogens is 1. The molecule has 3 heteroatoms. The van der Waals surface area contributed by atoms with Gasteiger partial charge in [-0.1, -0.05) is 42.5 Å². The van der Waals surface area contributed by atoms with E-state index in [9.17, 15) is 4.79 Å². The van der Waals surface area contributed by atoms with E-state index in [1.165, 1.54) is 16.8 Å². The Morgan fingerprint density at radius 2 is 1.74 bits per heavy atom. The Hall–Kier alpha value is -2.06. The predicted octanol–water partition coefficient (Wildman–Crippen LogP) is 4.04. The average molecular weight is 271 g/mol. The van der Waals surface area contributed by atoms with Crippen molar-refractivity contribution in [3.8, 4) is 0 Å². The zero-order chi connectivity index (χ0) is 13.2. The van der Waals surface area contributed by atoms with E-state index in [1.54, 1.807) is 6.07 Å². The van der Waals surface area contributed by atoms with Crippen LogP contribution in [0.15, 0.2) is 63.8 Å². The van der Waals surface area contributed by atoms with Crippen LogP contribution in [0.4, 0.5) is 0 Å². The van der Waals surface area contributed by atoms with Crippen LogP contribution < -0.4 is 5.63 Å². The highest BCUT2D eigenvalue weighted by molar-refractivity contribution is 6.29. The molecule has 0 spiro atoms. The van der Waals surface area contributed by atoms with Crippen LogP contribution in [0.25, 0.3) is 10.8 Å². The van der Waals surface area contributed by atoms with Crippen LogP contribution >= 0.6 is 11.6 Å². The first-order chi connectivity index (χ1) is 9.22. The summed E-state index contributed by atoms with van der Waals surface area (Å²) in [6.45, 7) is 0. The van der Waals surface area contributed by atoms with Gasteiger partial charge in [-0.25, -0.2) is 4.79 Å². The molecule has 3 rings (SSSR count). The lowest BCUT2D eigenvalue weighted by Gasteiger charge is -2.05. The molecule has 0 radical (unpaired) electrons. The van der Waals surface area contributed by atoms with E-state index in [0.29, 0.717) is 6.42 Å². The van der Waals surface area contributed by atoms with Gasteiger partial charge in [-0.2, -0.15) is 0 Å². The molecule has 0 atom stereocenters. The van der Waals surface area contributed by atoms with Gasteiger partial charge < -0.3 is 4.42 Å². The topological polar surface area (TPSA) is 30.2 Å². The number of fused-ring (bicyclic) bond motifs is 1. The lowest BCUT2D eigenvalue weighted by Crippen LogP contribution is -1.98. The summed E-state index contributed by atoms with van der Waals surface area (Å²) < 4.78 is 4.88. The number of hydrogen-bond acceptors (Lipinski definition) is 2. The third kappa shape index (κ3) is 2.54. The smallest absolute Gasteiger partial charge is 0.337 e. The fourth-order valence-corrected chi connectivity index (χ4v) is 2.32. The van der Waals surface area contributed by atoms with Crippen LogP contribution in [0.1, 0.15) is 11.1 Å². The van der Waals surface area contributed by atoms with Gasteiger partial charge in [0.1, 0.15) is 0 Å². The third-order valence-electron chi connectivity index (χ3n) is 3.07. The normalized spacial score (nSPS) is 10.8. The lowest BCUT2D eigenvalue weighted by atomic mass is 10.0. The van der Waals surface area contributed by atoms with E-state index < -0.39 is 5.63 Å². The molecule has 19 heavy (non-hydrogen) atoms. The van der Waals surface area contributed by atoms with Crippen molar-refractivity contribution in [2.75, 3.05) is 0 Å². The molecule has 1 aromatic heterocycles. The summed E-state index contributed by atoms with van der Waals surface area (Å²) in [5, 5.41) is 2.56. The zero-order valence-corrected chi connectivity index (χ0v) is 10.9. The molecular formula is C16H11ClO2. The second-order valence-corrected chi connectivity index (χ2v) is 4.75. The standard InChI is InChI=1S/C16H11ClO2/c17-16-14(7-8-15(18)19-16)10-11-5-6-12-3-1-2-4-13(12)9-11/h1-9H,10H2. The SMILES string of the molecule is O=c1ccc(Cc2ccc3ccccc3c2)c(Cl)o1. The monoisotopic (exact) mass is 270 g/mol. The number of benzene rings is 2. The fourth-order valence-electron chi connectivity index (χ4n) is 2.12. The molecule has 0 N–H and O–H groups in total. The van der Waals surface area contributed by atoms with E-state index in [-0.39, 0.29) is 5.22 Å². The van der Waals surface area contributed by atoms with Gasteiger partial charge in [0.05, 0.1) is 0 Å². The first-order valence-corrected chi connectivity index (χ1v) is 6.36. The molecule has 0 aliphatic heterocycles. The second-order valence-electron chi connectivity index (χ2n) is 4.41. The summed E-state index contributed by atoms with van der Waals surface area (Å²) in [5.41, 5.74) is 1.53. The Labute approximate surface area is 115 Å². The number of hydrogen-bond donors (Lipinski definition) is 0. The van der Waals surface area contributed by atoms with Gasteiger partial charge in [0.2, 0.25) is 5.22 Å². The van der Waals surface area contributed by atoms with Crippen LogP contribution in [-0.2, 0) is 6.42 Å². The van der Waals surface area contributed by atoms with E-state index in [0.717, 1.165) is 11.1 Å². The van der Waals surface area contributed by atoms with Gasteiger partial charge in [0.15, 0.2) is 0 Å². The molecule has 1 heterocycles. The molecule has 3 aromatic rings. The minimum Gasteiger partial charge on any atom is -0.411 e. The lowest BCUT2D eigenvalue weighted by molar-refractivity contribution is 0.507. The summed E-state index contributed by atoms with van der Waals surface area (Å²) in [4.78, 5) is 11.0. The van der Waals surface area contributed by atoms with Crippen molar-refractivity contribution < 1.29 is 4.42 Å². The quantitative estimate of drug-likeness (QED) is 0.703. The summed E-state index contributed by atoms with van der Waals surface area (Å²) in [6, 6.07) is 17.6. The fraction of sp³-hybridized carbons (Fsp3) is 0.0625. The first-order valence-electron chi connectivity index (χ1n) is 5.98. The van der Waals surface area contributed by atoms with Gasteiger partial charge in [0.25, 0.3) is 0 Å². The highest BCUT2D eigenvalue weighted by atomic mass is 35.5. The highest BCUT2D eigenvalue weighted by Gasteiger charge is 2.05. The average Bonchev–Trinajstić information content (AvgIpc) is 2.42. The van der Waals surface area contributed by atoms with Crippen molar-refractivity contribution in [2.24, 2.45) is 0 Å². The summed E-state index contributed by atoms with van der Waals surface area (Å²) in [7, 11) is 0. The summed E-state index contributed by atoms with van der Waals surface area (Å²) in [6.07, 6.45) is 0.646. The molecule has 0 fully saturated rings. The van der Waals surface area contributed by atoms with Crippen LogP contribution in [0, 0.1) is 0 Å². The maximum atomic E-state index is 11.0. The summed E-state index contributed by atoms with van der Waals surface area (Å²) in [5.74, 6) is 0. The van der Waals surface area contributed by atoms with E-state index in [4.69, 9.17) is 16.0 Å². The molecule has 0 aliphatic carbocycles. The Kier molecular flexibility index (Phi) is 3.10. The van der Waals surface area contributed by atoms with Crippen molar-refractivity contribution in [1.82, 2.24) is 0 Å². The Balaban J connectivity index is 1.98. The van der Waals surface area contributed by atoms with Crippen LogP contribution in [0.5, 0.6) is 0 Å². The summed E-state index contributed by atoms with van der Waals surface area (Å²) >= 11 is 5.93. The molecule has 0 saturated heterocycles. The molecule has 0 saturated carbocycles. The Morgan fingerprint density at radius 1 is 0.947 bits per heavy atom. The third-order valence-corrected chi connectivity index (χ3v) is 3.39. The highest BCUT2D eigenvalue weighted by Crippen LogP contribution is 2.21. The molecule has 94 valence electrons. The molecule has 0 unspecified atom stereocenters.